The van der Waals surface area contributed by atoms with Crippen molar-refractivity contribution in [3.8, 4) is 11.3 Å². The molecular formula is C14H10N2O2. The van der Waals surface area contributed by atoms with Crippen LogP contribution in [0.3, 0.4) is 0 Å². The van der Waals surface area contributed by atoms with Gasteiger partial charge in [-0.2, -0.15) is 5.10 Å². The minimum atomic E-state index is -0.923. The van der Waals surface area contributed by atoms with Crippen molar-refractivity contribution in [3.63, 3.8) is 0 Å². The molecule has 2 aromatic carbocycles. The van der Waals surface area contributed by atoms with Gasteiger partial charge >= 0.3 is 5.97 Å². The van der Waals surface area contributed by atoms with Gasteiger partial charge < -0.3 is 5.11 Å². The largest absolute Gasteiger partial charge is 0.478 e. The summed E-state index contributed by atoms with van der Waals surface area (Å²) in [5.41, 5.74) is 2.98. The zero-order valence-electron chi connectivity index (χ0n) is 9.42. The number of fused-ring (bicyclic) bond motifs is 1. The molecule has 3 aromatic rings. The monoisotopic (exact) mass is 238 g/mol. The smallest absolute Gasteiger partial charge is 0.335 e. The lowest BCUT2D eigenvalue weighted by atomic mass is 10.1. The Labute approximate surface area is 103 Å². The number of nitrogens with zero attached hydrogens (tertiary/aromatic N) is 1. The molecule has 1 aromatic heterocycles. The maximum absolute atomic E-state index is 10.8. The number of hydrogen-bond donors (Lipinski definition) is 2. The Kier molecular flexibility index (Phi) is 2.34. The highest BCUT2D eigenvalue weighted by Crippen LogP contribution is 2.25. The van der Waals surface area contributed by atoms with E-state index < -0.39 is 5.97 Å². The molecule has 2 N–H and O–H groups in total. The fourth-order valence-corrected chi connectivity index (χ4v) is 1.95. The van der Waals surface area contributed by atoms with Crippen molar-refractivity contribution < 1.29 is 9.90 Å². The first-order chi connectivity index (χ1) is 8.75. The van der Waals surface area contributed by atoms with Crippen molar-refractivity contribution in [1.29, 1.82) is 0 Å². The van der Waals surface area contributed by atoms with Gasteiger partial charge in [-0.05, 0) is 18.2 Å². The highest BCUT2D eigenvalue weighted by atomic mass is 16.4. The zero-order valence-corrected chi connectivity index (χ0v) is 9.42. The minimum Gasteiger partial charge on any atom is -0.478 e. The molecule has 0 spiro atoms. The third kappa shape index (κ3) is 1.64. The number of aromatic carboxylic acids is 1. The van der Waals surface area contributed by atoms with Crippen LogP contribution in [0, 0.1) is 0 Å². The van der Waals surface area contributed by atoms with Crippen LogP contribution in [0.5, 0.6) is 0 Å². The maximum Gasteiger partial charge on any atom is 0.335 e. The Morgan fingerprint density at radius 1 is 1.06 bits per heavy atom. The molecule has 0 amide bonds. The quantitative estimate of drug-likeness (QED) is 0.721. The lowest BCUT2D eigenvalue weighted by molar-refractivity contribution is 0.0697. The first kappa shape index (κ1) is 10.5. The Bertz CT molecular complexity index is 714. The fourth-order valence-electron chi connectivity index (χ4n) is 1.95. The SMILES string of the molecule is O=C(O)c1ccc(-c2n[nH]c3ccccc23)cc1. The molecule has 0 bridgehead atoms. The molecule has 4 heteroatoms. The van der Waals surface area contributed by atoms with Gasteiger partial charge in [-0.3, -0.25) is 5.10 Å². The van der Waals surface area contributed by atoms with Crippen molar-refractivity contribution in [2.45, 2.75) is 0 Å². The number of carboxylic acid groups (broad SMARTS) is 1. The Morgan fingerprint density at radius 3 is 2.50 bits per heavy atom. The lowest BCUT2D eigenvalue weighted by Crippen LogP contribution is -1.95. The standard InChI is InChI=1S/C14H10N2O2/c17-14(18)10-7-5-9(6-8-10)13-11-3-1-2-4-12(11)15-16-13/h1-8H,(H,15,16)(H,17,18). The molecule has 1 heterocycles. The van der Waals surface area contributed by atoms with Crippen molar-refractivity contribution >= 4 is 16.9 Å². The van der Waals surface area contributed by atoms with Gasteiger partial charge in [0.15, 0.2) is 0 Å². The normalized spacial score (nSPS) is 10.7. The van der Waals surface area contributed by atoms with E-state index in [-0.39, 0.29) is 5.56 Å². The lowest BCUT2D eigenvalue weighted by Gasteiger charge is -1.99. The molecule has 0 unspecified atom stereocenters. The van der Waals surface area contributed by atoms with Gasteiger partial charge in [-0.15, -0.1) is 0 Å². The van der Waals surface area contributed by atoms with E-state index in [1.807, 2.05) is 24.3 Å². The van der Waals surface area contributed by atoms with E-state index in [4.69, 9.17) is 5.11 Å². The molecule has 0 atom stereocenters. The van der Waals surface area contributed by atoms with Crippen LogP contribution in [0.15, 0.2) is 48.5 Å². The summed E-state index contributed by atoms with van der Waals surface area (Å²) in [5, 5.41) is 17.1. The van der Waals surface area contributed by atoms with Crippen LogP contribution in [-0.4, -0.2) is 21.3 Å². The number of para-hydroxylation sites is 1. The topological polar surface area (TPSA) is 66.0 Å². The van der Waals surface area contributed by atoms with E-state index in [2.05, 4.69) is 10.2 Å². The number of H-pyrrole nitrogens is 1. The van der Waals surface area contributed by atoms with Crippen LogP contribution in [0.25, 0.3) is 22.2 Å². The van der Waals surface area contributed by atoms with Crippen LogP contribution in [0.4, 0.5) is 0 Å². The molecule has 0 saturated carbocycles. The number of hydrogen-bond acceptors (Lipinski definition) is 2. The molecule has 4 nitrogen and oxygen atoms in total. The second-order valence-electron chi connectivity index (χ2n) is 4.00. The summed E-state index contributed by atoms with van der Waals surface area (Å²) >= 11 is 0. The van der Waals surface area contributed by atoms with Crippen molar-refractivity contribution in [2.75, 3.05) is 0 Å². The third-order valence-electron chi connectivity index (χ3n) is 2.88. The number of carboxylic acids is 1. The molecule has 0 aliphatic carbocycles. The highest BCUT2D eigenvalue weighted by molar-refractivity contribution is 5.94. The van der Waals surface area contributed by atoms with Gasteiger partial charge in [-0.25, -0.2) is 4.79 Å². The van der Waals surface area contributed by atoms with Gasteiger partial charge in [0, 0.05) is 10.9 Å². The van der Waals surface area contributed by atoms with E-state index in [0.717, 1.165) is 22.2 Å². The van der Waals surface area contributed by atoms with Crippen LogP contribution in [-0.2, 0) is 0 Å². The van der Waals surface area contributed by atoms with Gasteiger partial charge in [0.1, 0.15) is 0 Å². The minimum absolute atomic E-state index is 0.276. The number of rotatable bonds is 2. The first-order valence-electron chi connectivity index (χ1n) is 5.52. The van der Waals surface area contributed by atoms with E-state index in [0.29, 0.717) is 0 Å². The van der Waals surface area contributed by atoms with Crippen LogP contribution in [0.2, 0.25) is 0 Å². The Balaban J connectivity index is 2.12. The molecular weight excluding hydrogens is 228 g/mol. The molecule has 3 rings (SSSR count). The summed E-state index contributed by atoms with van der Waals surface area (Å²) in [4.78, 5) is 10.8. The van der Waals surface area contributed by atoms with E-state index in [1.165, 1.54) is 0 Å². The van der Waals surface area contributed by atoms with Crippen LogP contribution >= 0.6 is 0 Å². The van der Waals surface area contributed by atoms with E-state index in [1.54, 1.807) is 24.3 Å². The molecule has 88 valence electrons. The second-order valence-corrected chi connectivity index (χ2v) is 4.00. The average molecular weight is 238 g/mol. The predicted octanol–water partition coefficient (Wildman–Crippen LogP) is 2.93. The summed E-state index contributed by atoms with van der Waals surface area (Å²) in [6.45, 7) is 0. The predicted molar refractivity (Wildman–Crippen MR) is 68.5 cm³/mol. The summed E-state index contributed by atoms with van der Waals surface area (Å²) in [5.74, 6) is -0.923. The second kappa shape index (κ2) is 4.00. The summed E-state index contributed by atoms with van der Waals surface area (Å²) in [7, 11) is 0. The number of aromatic nitrogens is 2. The molecule has 0 saturated heterocycles. The van der Waals surface area contributed by atoms with Gasteiger partial charge in [0.2, 0.25) is 0 Å². The van der Waals surface area contributed by atoms with Crippen LogP contribution in [0.1, 0.15) is 10.4 Å². The zero-order chi connectivity index (χ0) is 12.5. The number of nitrogens with one attached hydrogen (secondary N) is 1. The first-order valence-corrected chi connectivity index (χ1v) is 5.52. The van der Waals surface area contributed by atoms with Crippen molar-refractivity contribution in [3.05, 3.63) is 54.1 Å². The average Bonchev–Trinajstić information content (AvgIpc) is 2.82. The molecule has 0 aliphatic rings. The van der Waals surface area contributed by atoms with Gasteiger partial charge in [0.05, 0.1) is 16.8 Å². The molecule has 0 fully saturated rings. The summed E-state index contributed by atoms with van der Waals surface area (Å²) in [6, 6.07) is 14.5. The third-order valence-corrected chi connectivity index (χ3v) is 2.88. The number of benzene rings is 2. The van der Waals surface area contributed by atoms with E-state index >= 15 is 0 Å². The Hall–Kier alpha value is -2.62. The number of carbonyl (C=O) groups is 1. The summed E-state index contributed by atoms with van der Waals surface area (Å²) < 4.78 is 0. The van der Waals surface area contributed by atoms with E-state index in [9.17, 15) is 4.79 Å². The Morgan fingerprint density at radius 2 is 1.78 bits per heavy atom. The maximum atomic E-state index is 10.8. The van der Waals surface area contributed by atoms with Crippen molar-refractivity contribution in [2.24, 2.45) is 0 Å². The fraction of sp³-hybridized carbons (Fsp3) is 0. The molecule has 0 aliphatic heterocycles. The van der Waals surface area contributed by atoms with Crippen LogP contribution < -0.4 is 0 Å². The highest BCUT2D eigenvalue weighted by Gasteiger charge is 2.08. The number of aromatic amines is 1. The molecule has 0 radical (unpaired) electrons. The summed E-state index contributed by atoms with van der Waals surface area (Å²) in [6.07, 6.45) is 0. The molecule has 18 heavy (non-hydrogen) atoms. The van der Waals surface area contributed by atoms with Gasteiger partial charge in [0.25, 0.3) is 0 Å². The van der Waals surface area contributed by atoms with Crippen molar-refractivity contribution in [1.82, 2.24) is 10.2 Å². The van der Waals surface area contributed by atoms with Gasteiger partial charge in [-0.1, -0.05) is 30.3 Å².